The van der Waals surface area contributed by atoms with Gasteiger partial charge < -0.3 is 15.8 Å². The molecule has 0 aliphatic carbocycles. The SMILES string of the molecule is CC(N)C1CN(CC(=O)NCCc2cccs2)CCO1. The fraction of sp³-hybridized carbons (Fsp3) is 0.643. The van der Waals surface area contributed by atoms with E-state index in [9.17, 15) is 4.79 Å². The molecule has 20 heavy (non-hydrogen) atoms. The molecule has 0 saturated carbocycles. The summed E-state index contributed by atoms with van der Waals surface area (Å²) in [5.74, 6) is 0.0758. The fourth-order valence-electron chi connectivity index (χ4n) is 2.23. The second-order valence-corrected chi connectivity index (χ2v) is 6.22. The van der Waals surface area contributed by atoms with Crippen LogP contribution in [0.15, 0.2) is 17.5 Å². The molecule has 0 aromatic carbocycles. The van der Waals surface area contributed by atoms with Crippen LogP contribution in [0.3, 0.4) is 0 Å². The molecule has 1 aliphatic heterocycles. The Morgan fingerprint density at radius 2 is 2.55 bits per heavy atom. The molecule has 5 nitrogen and oxygen atoms in total. The van der Waals surface area contributed by atoms with Crippen molar-refractivity contribution in [1.29, 1.82) is 0 Å². The highest BCUT2D eigenvalue weighted by molar-refractivity contribution is 7.09. The third-order valence-electron chi connectivity index (χ3n) is 3.40. The van der Waals surface area contributed by atoms with Crippen LogP contribution in [0.1, 0.15) is 11.8 Å². The predicted molar refractivity (Wildman–Crippen MR) is 80.9 cm³/mol. The van der Waals surface area contributed by atoms with Crippen molar-refractivity contribution in [3.05, 3.63) is 22.4 Å². The van der Waals surface area contributed by atoms with Gasteiger partial charge in [-0.1, -0.05) is 6.07 Å². The Balaban J connectivity index is 1.66. The first-order valence-corrected chi connectivity index (χ1v) is 7.91. The van der Waals surface area contributed by atoms with E-state index in [2.05, 4.69) is 21.7 Å². The number of thiophene rings is 1. The molecule has 0 spiro atoms. The Bertz CT molecular complexity index is 409. The summed E-state index contributed by atoms with van der Waals surface area (Å²) in [4.78, 5) is 15.3. The Morgan fingerprint density at radius 1 is 1.70 bits per heavy atom. The topological polar surface area (TPSA) is 67.6 Å². The number of rotatable bonds is 6. The summed E-state index contributed by atoms with van der Waals surface area (Å²) in [6.07, 6.45) is 0.928. The molecule has 1 amide bonds. The van der Waals surface area contributed by atoms with Crippen molar-refractivity contribution in [1.82, 2.24) is 10.2 Å². The van der Waals surface area contributed by atoms with E-state index >= 15 is 0 Å². The summed E-state index contributed by atoms with van der Waals surface area (Å²) in [6, 6.07) is 4.12. The van der Waals surface area contributed by atoms with Crippen molar-refractivity contribution in [2.75, 3.05) is 32.8 Å². The molecule has 0 bridgehead atoms. The van der Waals surface area contributed by atoms with Gasteiger partial charge in [0.15, 0.2) is 0 Å². The number of morpholine rings is 1. The molecule has 3 N–H and O–H groups in total. The van der Waals surface area contributed by atoms with E-state index in [0.717, 1.165) is 19.5 Å². The molecular formula is C14H23N3O2S. The highest BCUT2D eigenvalue weighted by Crippen LogP contribution is 2.09. The van der Waals surface area contributed by atoms with Crippen molar-refractivity contribution < 1.29 is 9.53 Å². The van der Waals surface area contributed by atoms with Crippen molar-refractivity contribution >= 4 is 17.2 Å². The fourth-order valence-corrected chi connectivity index (χ4v) is 2.94. The van der Waals surface area contributed by atoms with E-state index in [-0.39, 0.29) is 18.1 Å². The number of nitrogens with two attached hydrogens (primary N) is 1. The van der Waals surface area contributed by atoms with Gasteiger partial charge in [-0.05, 0) is 24.8 Å². The van der Waals surface area contributed by atoms with Gasteiger partial charge in [-0.3, -0.25) is 9.69 Å². The first-order valence-electron chi connectivity index (χ1n) is 7.04. The van der Waals surface area contributed by atoms with Crippen molar-refractivity contribution in [2.45, 2.75) is 25.5 Å². The quantitative estimate of drug-likeness (QED) is 0.800. The van der Waals surface area contributed by atoms with Crippen LogP contribution in [-0.2, 0) is 16.0 Å². The first kappa shape index (κ1) is 15.4. The van der Waals surface area contributed by atoms with Crippen LogP contribution in [0.4, 0.5) is 0 Å². The molecule has 2 atom stereocenters. The summed E-state index contributed by atoms with van der Waals surface area (Å²) in [5.41, 5.74) is 5.84. The smallest absolute Gasteiger partial charge is 0.234 e. The van der Waals surface area contributed by atoms with E-state index in [4.69, 9.17) is 10.5 Å². The molecule has 2 rings (SSSR count). The summed E-state index contributed by atoms with van der Waals surface area (Å²) in [7, 11) is 0. The summed E-state index contributed by atoms with van der Waals surface area (Å²) >= 11 is 1.72. The molecule has 1 aliphatic rings. The Kier molecular flexibility index (Phi) is 5.97. The monoisotopic (exact) mass is 297 g/mol. The highest BCUT2D eigenvalue weighted by Gasteiger charge is 2.24. The number of ether oxygens (including phenoxy) is 1. The number of hydrogen-bond acceptors (Lipinski definition) is 5. The minimum Gasteiger partial charge on any atom is -0.374 e. The number of nitrogens with one attached hydrogen (secondary N) is 1. The average Bonchev–Trinajstić information content (AvgIpc) is 2.92. The lowest BCUT2D eigenvalue weighted by Crippen LogP contribution is -2.51. The zero-order valence-corrected chi connectivity index (χ0v) is 12.7. The highest BCUT2D eigenvalue weighted by atomic mass is 32.1. The molecule has 6 heteroatoms. The van der Waals surface area contributed by atoms with Gasteiger partial charge in [-0.25, -0.2) is 0 Å². The normalized spacial score (nSPS) is 21.6. The zero-order chi connectivity index (χ0) is 14.4. The van der Waals surface area contributed by atoms with Gasteiger partial charge in [0.2, 0.25) is 5.91 Å². The summed E-state index contributed by atoms with van der Waals surface area (Å²) < 4.78 is 5.58. The maximum atomic E-state index is 11.9. The second-order valence-electron chi connectivity index (χ2n) is 5.18. The van der Waals surface area contributed by atoms with Crippen molar-refractivity contribution in [2.24, 2.45) is 5.73 Å². The molecular weight excluding hydrogens is 274 g/mol. The minimum atomic E-state index is -0.000287. The van der Waals surface area contributed by atoms with Crippen LogP contribution < -0.4 is 11.1 Å². The lowest BCUT2D eigenvalue weighted by atomic mass is 10.1. The number of hydrogen-bond donors (Lipinski definition) is 2. The van der Waals surface area contributed by atoms with Crippen LogP contribution in [0.5, 0.6) is 0 Å². The van der Waals surface area contributed by atoms with Gasteiger partial charge in [0.25, 0.3) is 0 Å². The van der Waals surface area contributed by atoms with E-state index in [1.165, 1.54) is 4.88 Å². The predicted octanol–water partition coefficient (Wildman–Crippen LogP) is 0.455. The molecule has 2 heterocycles. The van der Waals surface area contributed by atoms with E-state index < -0.39 is 0 Å². The van der Waals surface area contributed by atoms with Crippen LogP contribution in [0.2, 0.25) is 0 Å². The Morgan fingerprint density at radius 3 is 3.25 bits per heavy atom. The van der Waals surface area contributed by atoms with Gasteiger partial charge in [0.05, 0.1) is 19.3 Å². The van der Waals surface area contributed by atoms with Gasteiger partial charge in [-0.2, -0.15) is 0 Å². The van der Waals surface area contributed by atoms with Gasteiger partial charge in [0.1, 0.15) is 0 Å². The molecule has 112 valence electrons. The molecule has 1 aromatic rings. The van der Waals surface area contributed by atoms with Gasteiger partial charge in [0, 0.05) is 30.6 Å². The summed E-state index contributed by atoms with van der Waals surface area (Å²) in [5, 5.41) is 5.02. The van der Waals surface area contributed by atoms with Gasteiger partial charge >= 0.3 is 0 Å². The van der Waals surface area contributed by atoms with Crippen LogP contribution in [0.25, 0.3) is 0 Å². The molecule has 1 saturated heterocycles. The first-order chi connectivity index (χ1) is 9.65. The maximum Gasteiger partial charge on any atom is 0.234 e. The lowest BCUT2D eigenvalue weighted by Gasteiger charge is -2.34. The van der Waals surface area contributed by atoms with Gasteiger partial charge in [-0.15, -0.1) is 11.3 Å². The lowest BCUT2D eigenvalue weighted by molar-refractivity contribution is -0.124. The van der Waals surface area contributed by atoms with E-state index in [1.807, 2.05) is 13.0 Å². The molecule has 0 radical (unpaired) electrons. The third kappa shape index (κ3) is 4.86. The Hall–Kier alpha value is -0.950. The largest absolute Gasteiger partial charge is 0.374 e. The summed E-state index contributed by atoms with van der Waals surface area (Å²) in [6.45, 7) is 5.24. The number of amides is 1. The number of nitrogens with zero attached hydrogens (tertiary/aromatic N) is 1. The second kappa shape index (κ2) is 7.73. The molecule has 1 aromatic heterocycles. The average molecular weight is 297 g/mol. The Labute approximate surface area is 124 Å². The van der Waals surface area contributed by atoms with E-state index in [1.54, 1.807) is 11.3 Å². The molecule has 2 unspecified atom stereocenters. The van der Waals surface area contributed by atoms with Crippen LogP contribution in [0, 0.1) is 0 Å². The minimum absolute atomic E-state index is 0.000287. The third-order valence-corrected chi connectivity index (χ3v) is 4.34. The maximum absolute atomic E-state index is 11.9. The number of carbonyl (C=O) groups excluding carboxylic acids is 1. The molecule has 1 fully saturated rings. The van der Waals surface area contributed by atoms with E-state index in [0.29, 0.717) is 19.7 Å². The van der Waals surface area contributed by atoms with Crippen LogP contribution >= 0.6 is 11.3 Å². The van der Waals surface area contributed by atoms with Crippen molar-refractivity contribution in [3.63, 3.8) is 0 Å². The standard InChI is InChI=1S/C14H23N3O2S/c1-11(15)13-9-17(6-7-19-13)10-14(18)16-5-4-12-3-2-8-20-12/h2-3,8,11,13H,4-7,9-10,15H2,1H3,(H,16,18). The van der Waals surface area contributed by atoms with Crippen LogP contribution in [-0.4, -0.2) is 55.7 Å². The number of carbonyl (C=O) groups is 1. The zero-order valence-electron chi connectivity index (χ0n) is 11.9. The van der Waals surface area contributed by atoms with Crippen molar-refractivity contribution in [3.8, 4) is 0 Å².